The Balaban J connectivity index is 1.71. The third-order valence-corrected chi connectivity index (χ3v) is 4.76. The summed E-state index contributed by atoms with van der Waals surface area (Å²) >= 11 is 0. The molecule has 3 rings (SSSR count). The Kier molecular flexibility index (Phi) is 4.69. The van der Waals surface area contributed by atoms with Crippen LogP contribution in [0.4, 0.5) is 0 Å². The molecule has 1 aliphatic heterocycles. The van der Waals surface area contributed by atoms with Crippen molar-refractivity contribution in [2.45, 2.75) is 58.9 Å². The number of hydrogen-bond acceptors (Lipinski definition) is 5. The van der Waals surface area contributed by atoms with Crippen molar-refractivity contribution >= 4 is 5.91 Å². The van der Waals surface area contributed by atoms with Crippen molar-refractivity contribution in [3.8, 4) is 0 Å². The lowest BCUT2D eigenvalue weighted by Crippen LogP contribution is -2.39. The second-order valence-electron chi connectivity index (χ2n) is 6.70. The molecule has 0 unspecified atom stereocenters. The van der Waals surface area contributed by atoms with Crippen LogP contribution in [0.1, 0.15) is 73.1 Å². The Morgan fingerprint density at radius 3 is 2.71 bits per heavy atom. The minimum atomic E-state index is 0.0351. The Morgan fingerprint density at radius 2 is 2.08 bits per heavy atom. The van der Waals surface area contributed by atoms with E-state index in [1.807, 2.05) is 25.7 Å². The lowest BCUT2D eigenvalue weighted by atomic mass is 9.94. The summed E-state index contributed by atoms with van der Waals surface area (Å²) in [5, 5.41) is 12.3. The minimum Gasteiger partial charge on any atom is -0.360 e. The van der Waals surface area contributed by atoms with Gasteiger partial charge in [0, 0.05) is 31.5 Å². The molecule has 0 aromatic carbocycles. The van der Waals surface area contributed by atoms with Crippen molar-refractivity contribution in [3.63, 3.8) is 0 Å². The van der Waals surface area contributed by atoms with Crippen LogP contribution < -0.4 is 0 Å². The van der Waals surface area contributed by atoms with Crippen LogP contribution in [0.2, 0.25) is 0 Å². The van der Waals surface area contributed by atoms with E-state index in [0.29, 0.717) is 22.9 Å². The van der Waals surface area contributed by atoms with Gasteiger partial charge in [-0.2, -0.15) is 0 Å². The van der Waals surface area contributed by atoms with E-state index in [4.69, 9.17) is 4.52 Å². The summed E-state index contributed by atoms with van der Waals surface area (Å²) in [6.07, 6.45) is 3.60. The van der Waals surface area contributed by atoms with Gasteiger partial charge in [0.15, 0.2) is 5.76 Å². The third kappa shape index (κ3) is 2.95. The Bertz CT molecular complexity index is 710. The van der Waals surface area contributed by atoms with Gasteiger partial charge < -0.3 is 14.0 Å². The number of rotatable bonds is 4. The molecule has 24 heavy (non-hydrogen) atoms. The summed E-state index contributed by atoms with van der Waals surface area (Å²) < 4.78 is 7.45. The Hall–Kier alpha value is -2.18. The second-order valence-corrected chi connectivity index (χ2v) is 6.70. The van der Waals surface area contributed by atoms with Gasteiger partial charge >= 0.3 is 0 Å². The number of hydrogen-bond donors (Lipinski definition) is 0. The fraction of sp³-hybridized carbons (Fsp3) is 0.647. The second kappa shape index (κ2) is 6.75. The van der Waals surface area contributed by atoms with E-state index in [-0.39, 0.29) is 11.8 Å². The summed E-state index contributed by atoms with van der Waals surface area (Å²) in [7, 11) is 0. The first-order valence-corrected chi connectivity index (χ1v) is 8.66. The highest BCUT2D eigenvalue weighted by Crippen LogP contribution is 2.29. The summed E-state index contributed by atoms with van der Waals surface area (Å²) in [6.45, 7) is 10.3. The number of nitrogens with zero attached hydrogens (tertiary/aromatic N) is 5. The number of carbonyl (C=O) groups excluding carboxylic acids is 1. The maximum atomic E-state index is 12.9. The van der Waals surface area contributed by atoms with Crippen LogP contribution in [0, 0.1) is 6.92 Å². The van der Waals surface area contributed by atoms with Crippen molar-refractivity contribution in [1.82, 2.24) is 24.8 Å². The van der Waals surface area contributed by atoms with E-state index >= 15 is 0 Å². The summed E-state index contributed by atoms with van der Waals surface area (Å²) in [5.74, 6) is 2.27. The molecule has 7 heteroatoms. The van der Waals surface area contributed by atoms with Crippen LogP contribution in [-0.2, 0) is 6.54 Å². The number of piperidine rings is 1. The topological polar surface area (TPSA) is 77.1 Å². The van der Waals surface area contributed by atoms with Crippen molar-refractivity contribution < 1.29 is 9.32 Å². The average Bonchev–Trinajstić information content (AvgIpc) is 3.20. The number of aryl methyl sites for hydroxylation is 2. The first-order chi connectivity index (χ1) is 11.5. The van der Waals surface area contributed by atoms with Crippen molar-refractivity contribution in [1.29, 1.82) is 0 Å². The van der Waals surface area contributed by atoms with Gasteiger partial charge in [0.05, 0.1) is 5.69 Å². The van der Waals surface area contributed by atoms with Crippen LogP contribution in [0.3, 0.4) is 0 Å². The molecule has 1 saturated heterocycles. The normalized spacial score (nSPS) is 16.1. The van der Waals surface area contributed by atoms with Crippen LogP contribution in [-0.4, -0.2) is 43.8 Å². The smallest absolute Gasteiger partial charge is 0.259 e. The quantitative estimate of drug-likeness (QED) is 0.861. The van der Waals surface area contributed by atoms with Gasteiger partial charge in [0.25, 0.3) is 5.91 Å². The Labute approximate surface area is 142 Å². The lowest BCUT2D eigenvalue weighted by molar-refractivity contribution is 0.0706. The van der Waals surface area contributed by atoms with Crippen LogP contribution in [0.5, 0.6) is 0 Å². The molecule has 7 nitrogen and oxygen atoms in total. The van der Waals surface area contributed by atoms with Gasteiger partial charge in [-0.15, -0.1) is 10.2 Å². The molecule has 3 heterocycles. The highest BCUT2D eigenvalue weighted by atomic mass is 16.5. The van der Waals surface area contributed by atoms with E-state index in [1.165, 1.54) is 0 Å². The zero-order valence-electron chi connectivity index (χ0n) is 14.8. The molecule has 2 aromatic heterocycles. The van der Waals surface area contributed by atoms with Gasteiger partial charge in [-0.05, 0) is 26.7 Å². The minimum absolute atomic E-state index is 0.0351. The Morgan fingerprint density at radius 1 is 1.38 bits per heavy atom. The molecule has 0 spiro atoms. The summed E-state index contributed by atoms with van der Waals surface area (Å²) in [4.78, 5) is 14.8. The largest absolute Gasteiger partial charge is 0.360 e. The van der Waals surface area contributed by atoms with Crippen molar-refractivity contribution in [2.75, 3.05) is 13.1 Å². The maximum absolute atomic E-state index is 12.9. The summed E-state index contributed by atoms with van der Waals surface area (Å²) in [6, 6.07) is 0. The number of amides is 1. The molecule has 0 bridgehead atoms. The van der Waals surface area contributed by atoms with Gasteiger partial charge in [0.2, 0.25) is 0 Å². The molecule has 0 radical (unpaired) electrons. The third-order valence-electron chi connectivity index (χ3n) is 4.76. The number of carbonyl (C=O) groups is 1. The predicted molar refractivity (Wildman–Crippen MR) is 88.9 cm³/mol. The standard InChI is InChI=1S/C17H25N5O2/c1-5-21-10-18-19-16(21)13-6-8-22(9-7-13)17(23)14-12(4)20-24-15(14)11(2)3/h10-11,13H,5-9H2,1-4H3. The van der Waals surface area contributed by atoms with E-state index in [1.54, 1.807) is 6.33 Å². The molecular weight excluding hydrogens is 306 g/mol. The van der Waals surface area contributed by atoms with Gasteiger partial charge in [-0.1, -0.05) is 19.0 Å². The zero-order chi connectivity index (χ0) is 17.3. The lowest BCUT2D eigenvalue weighted by Gasteiger charge is -2.31. The van der Waals surface area contributed by atoms with E-state index in [9.17, 15) is 4.79 Å². The van der Waals surface area contributed by atoms with Crippen molar-refractivity contribution in [2.24, 2.45) is 0 Å². The number of likely N-dealkylation sites (tertiary alicyclic amines) is 1. The molecule has 0 atom stereocenters. The fourth-order valence-electron chi connectivity index (χ4n) is 3.36. The monoisotopic (exact) mass is 331 g/mol. The molecule has 1 amide bonds. The van der Waals surface area contributed by atoms with Crippen LogP contribution in [0.25, 0.3) is 0 Å². The first-order valence-electron chi connectivity index (χ1n) is 8.66. The molecule has 0 N–H and O–H groups in total. The van der Waals surface area contributed by atoms with Crippen LogP contribution >= 0.6 is 0 Å². The fourth-order valence-corrected chi connectivity index (χ4v) is 3.36. The van der Waals surface area contributed by atoms with E-state index < -0.39 is 0 Å². The molecular formula is C17H25N5O2. The molecule has 1 aliphatic rings. The average molecular weight is 331 g/mol. The van der Waals surface area contributed by atoms with Gasteiger partial charge in [-0.25, -0.2) is 0 Å². The molecule has 0 saturated carbocycles. The zero-order valence-corrected chi connectivity index (χ0v) is 14.8. The van der Waals surface area contributed by atoms with E-state index in [2.05, 4.69) is 26.8 Å². The SMILES string of the molecule is CCn1cnnc1C1CCN(C(=O)c2c(C)noc2C(C)C)CC1. The number of aromatic nitrogens is 4. The van der Waals surface area contributed by atoms with Gasteiger partial charge in [0.1, 0.15) is 17.7 Å². The predicted octanol–water partition coefficient (Wildman–Crippen LogP) is 2.74. The maximum Gasteiger partial charge on any atom is 0.259 e. The summed E-state index contributed by atoms with van der Waals surface area (Å²) in [5.41, 5.74) is 1.32. The molecule has 130 valence electrons. The highest BCUT2D eigenvalue weighted by Gasteiger charge is 2.31. The first kappa shape index (κ1) is 16.7. The van der Waals surface area contributed by atoms with Gasteiger partial charge in [-0.3, -0.25) is 4.79 Å². The highest BCUT2D eigenvalue weighted by molar-refractivity contribution is 5.96. The molecule has 1 fully saturated rings. The molecule has 2 aromatic rings. The van der Waals surface area contributed by atoms with E-state index in [0.717, 1.165) is 38.3 Å². The van der Waals surface area contributed by atoms with Crippen molar-refractivity contribution in [3.05, 3.63) is 29.2 Å². The molecule has 0 aliphatic carbocycles. The van der Waals surface area contributed by atoms with Crippen LogP contribution in [0.15, 0.2) is 10.9 Å².